The second-order valence-corrected chi connectivity index (χ2v) is 5.05. The van der Waals surface area contributed by atoms with Gasteiger partial charge >= 0.3 is 11.9 Å². The van der Waals surface area contributed by atoms with E-state index >= 15 is 0 Å². The summed E-state index contributed by atoms with van der Waals surface area (Å²) < 4.78 is 42.2. The van der Waals surface area contributed by atoms with Gasteiger partial charge < -0.3 is 19.5 Å². The number of benzene rings is 1. The van der Waals surface area contributed by atoms with Crippen molar-refractivity contribution in [3.63, 3.8) is 0 Å². The summed E-state index contributed by atoms with van der Waals surface area (Å²) in [6, 6.07) is 2.10. The quantitative estimate of drug-likeness (QED) is 0.520. The molecular weight excluding hydrogens is 312 g/mol. The normalized spacial score (nSPS) is 16.5. The number of hydrogen-bond donors (Lipinski definition) is 1. The lowest BCUT2D eigenvalue weighted by atomic mass is 10.2. The molecule has 0 amide bonds. The Labute approximate surface area is 131 Å². The van der Waals surface area contributed by atoms with Crippen LogP contribution >= 0.6 is 0 Å². The molecular formula is C15H15F2NO5. The Kier molecular flexibility index (Phi) is 4.53. The molecule has 6 nitrogen and oxygen atoms in total. The summed E-state index contributed by atoms with van der Waals surface area (Å²) in [5.74, 6) is -5.58. The highest BCUT2D eigenvalue weighted by atomic mass is 19.1. The molecule has 1 aromatic rings. The third-order valence-corrected chi connectivity index (χ3v) is 2.83. The predicted octanol–water partition coefficient (Wildman–Crippen LogP) is 2.50. The van der Waals surface area contributed by atoms with Crippen LogP contribution < -0.4 is 10.1 Å². The molecule has 124 valence electrons. The average molecular weight is 327 g/mol. The van der Waals surface area contributed by atoms with Crippen LogP contribution in [0.2, 0.25) is 0 Å². The topological polar surface area (TPSA) is 73.9 Å². The van der Waals surface area contributed by atoms with Gasteiger partial charge in [0.05, 0.1) is 12.3 Å². The Balaban J connectivity index is 2.25. The van der Waals surface area contributed by atoms with E-state index in [1.54, 1.807) is 6.92 Å². The van der Waals surface area contributed by atoms with Crippen LogP contribution in [-0.4, -0.2) is 24.3 Å². The molecule has 1 N–H and O–H groups in total. The van der Waals surface area contributed by atoms with Crippen LogP contribution in [0.1, 0.15) is 20.8 Å². The van der Waals surface area contributed by atoms with Gasteiger partial charge in [-0.1, -0.05) is 0 Å². The largest absolute Gasteiger partial charge is 0.488 e. The van der Waals surface area contributed by atoms with E-state index in [0.29, 0.717) is 0 Å². The molecule has 0 atom stereocenters. The molecule has 0 aliphatic carbocycles. The van der Waals surface area contributed by atoms with Crippen molar-refractivity contribution < 1.29 is 32.6 Å². The standard InChI is InChI=1S/C15H15F2NO5/c1-4-21-12-9(16)5-6-10(11(12)17)18-7-8-13(19)22-15(2,3)23-14(8)20/h5-7,18H,4H2,1-3H3. The van der Waals surface area contributed by atoms with Crippen molar-refractivity contribution in [2.24, 2.45) is 0 Å². The van der Waals surface area contributed by atoms with E-state index in [2.05, 4.69) is 5.32 Å². The molecule has 1 aliphatic heterocycles. The van der Waals surface area contributed by atoms with Crippen LogP contribution in [0.3, 0.4) is 0 Å². The zero-order valence-corrected chi connectivity index (χ0v) is 12.7. The second kappa shape index (κ2) is 6.23. The lowest BCUT2D eigenvalue weighted by molar-refractivity contribution is -0.222. The maximum absolute atomic E-state index is 14.1. The van der Waals surface area contributed by atoms with Crippen molar-refractivity contribution in [1.82, 2.24) is 0 Å². The first-order valence-corrected chi connectivity index (χ1v) is 6.79. The van der Waals surface area contributed by atoms with Gasteiger partial charge in [0, 0.05) is 20.0 Å². The van der Waals surface area contributed by atoms with Gasteiger partial charge in [0.2, 0.25) is 0 Å². The third kappa shape index (κ3) is 3.58. The van der Waals surface area contributed by atoms with Crippen LogP contribution in [0.15, 0.2) is 23.9 Å². The fraction of sp³-hybridized carbons (Fsp3) is 0.333. The van der Waals surface area contributed by atoms with Crippen molar-refractivity contribution in [3.05, 3.63) is 35.5 Å². The summed E-state index contributed by atoms with van der Waals surface area (Å²) in [5, 5.41) is 2.41. The number of carbonyl (C=O) groups excluding carboxylic acids is 2. The lowest BCUT2D eigenvalue weighted by Crippen LogP contribution is -2.42. The monoisotopic (exact) mass is 327 g/mol. The van der Waals surface area contributed by atoms with Crippen LogP contribution in [-0.2, 0) is 19.1 Å². The van der Waals surface area contributed by atoms with E-state index in [4.69, 9.17) is 14.2 Å². The molecule has 1 saturated heterocycles. The maximum Gasteiger partial charge on any atom is 0.350 e. The molecule has 2 rings (SSSR count). The van der Waals surface area contributed by atoms with Crippen LogP contribution in [0.25, 0.3) is 0 Å². The molecule has 0 radical (unpaired) electrons. The molecule has 0 spiro atoms. The molecule has 8 heteroatoms. The van der Waals surface area contributed by atoms with Gasteiger partial charge in [-0.25, -0.2) is 18.4 Å². The number of rotatable bonds is 4. The van der Waals surface area contributed by atoms with E-state index in [9.17, 15) is 18.4 Å². The molecule has 1 heterocycles. The van der Waals surface area contributed by atoms with Crippen LogP contribution in [0.5, 0.6) is 5.75 Å². The summed E-state index contributed by atoms with van der Waals surface area (Å²) >= 11 is 0. The second-order valence-electron chi connectivity index (χ2n) is 5.05. The highest BCUT2D eigenvalue weighted by Crippen LogP contribution is 2.29. The van der Waals surface area contributed by atoms with E-state index in [-0.39, 0.29) is 12.3 Å². The van der Waals surface area contributed by atoms with Crippen molar-refractivity contribution >= 4 is 17.6 Å². The summed E-state index contributed by atoms with van der Waals surface area (Å²) in [6.07, 6.45) is 0.936. The average Bonchev–Trinajstić information content (AvgIpc) is 2.43. The first kappa shape index (κ1) is 16.7. The number of hydrogen-bond acceptors (Lipinski definition) is 6. The number of nitrogens with one attached hydrogen (secondary N) is 1. The van der Waals surface area contributed by atoms with Gasteiger partial charge in [0.1, 0.15) is 0 Å². The van der Waals surface area contributed by atoms with Crippen molar-refractivity contribution in [2.75, 3.05) is 11.9 Å². The summed E-state index contributed by atoms with van der Waals surface area (Å²) in [6.45, 7) is 4.46. The Morgan fingerprint density at radius 3 is 2.39 bits per heavy atom. The zero-order valence-electron chi connectivity index (χ0n) is 12.7. The number of carbonyl (C=O) groups is 2. The number of cyclic esters (lactones) is 2. The third-order valence-electron chi connectivity index (χ3n) is 2.83. The van der Waals surface area contributed by atoms with E-state index < -0.39 is 40.7 Å². The Morgan fingerprint density at radius 1 is 1.22 bits per heavy atom. The number of anilines is 1. The minimum Gasteiger partial charge on any atom is -0.488 e. The molecule has 1 aromatic carbocycles. The predicted molar refractivity (Wildman–Crippen MR) is 75.5 cm³/mol. The Morgan fingerprint density at radius 2 is 1.83 bits per heavy atom. The van der Waals surface area contributed by atoms with Gasteiger partial charge in [-0.3, -0.25) is 0 Å². The first-order chi connectivity index (χ1) is 10.7. The number of esters is 2. The molecule has 0 bridgehead atoms. The van der Waals surface area contributed by atoms with Gasteiger partial charge in [0.15, 0.2) is 23.0 Å². The molecule has 23 heavy (non-hydrogen) atoms. The SMILES string of the molecule is CCOc1c(F)ccc(NC=C2C(=O)OC(C)(C)OC2=O)c1F. The first-order valence-electron chi connectivity index (χ1n) is 6.79. The van der Waals surface area contributed by atoms with Gasteiger partial charge in [-0.2, -0.15) is 0 Å². The lowest BCUT2D eigenvalue weighted by Gasteiger charge is -2.29. The maximum atomic E-state index is 14.1. The molecule has 0 saturated carbocycles. The van der Waals surface area contributed by atoms with Crippen LogP contribution in [0.4, 0.5) is 14.5 Å². The van der Waals surface area contributed by atoms with Crippen molar-refractivity contribution in [3.8, 4) is 5.75 Å². The highest BCUT2D eigenvalue weighted by Gasteiger charge is 2.39. The summed E-state index contributed by atoms with van der Waals surface area (Å²) in [4.78, 5) is 23.5. The number of halogens is 2. The minimum absolute atomic E-state index is 0.0755. The molecule has 1 aliphatic rings. The van der Waals surface area contributed by atoms with Gasteiger partial charge in [-0.15, -0.1) is 0 Å². The highest BCUT2D eigenvalue weighted by molar-refractivity contribution is 6.15. The zero-order chi connectivity index (χ0) is 17.2. The van der Waals surface area contributed by atoms with Gasteiger partial charge in [0.25, 0.3) is 5.79 Å². The summed E-state index contributed by atoms with van der Waals surface area (Å²) in [5.41, 5.74) is -0.612. The fourth-order valence-corrected chi connectivity index (χ4v) is 1.85. The molecule has 1 fully saturated rings. The number of ether oxygens (including phenoxy) is 3. The molecule has 0 aromatic heterocycles. The van der Waals surface area contributed by atoms with E-state index in [0.717, 1.165) is 18.3 Å². The minimum atomic E-state index is -1.37. The van der Waals surface area contributed by atoms with Crippen molar-refractivity contribution in [1.29, 1.82) is 0 Å². The van der Waals surface area contributed by atoms with E-state index in [1.165, 1.54) is 13.8 Å². The van der Waals surface area contributed by atoms with E-state index in [1.807, 2.05) is 0 Å². The van der Waals surface area contributed by atoms with Gasteiger partial charge in [-0.05, 0) is 19.1 Å². The fourth-order valence-electron chi connectivity index (χ4n) is 1.85. The van der Waals surface area contributed by atoms with Crippen LogP contribution in [0, 0.1) is 11.6 Å². The molecule has 0 unspecified atom stereocenters. The smallest absolute Gasteiger partial charge is 0.350 e. The van der Waals surface area contributed by atoms with Crippen molar-refractivity contribution in [2.45, 2.75) is 26.6 Å². The Bertz CT molecular complexity index is 663. The summed E-state index contributed by atoms with van der Waals surface area (Å²) in [7, 11) is 0. The Hall–Kier alpha value is -2.64.